The molecule has 0 unspecified atom stereocenters. The van der Waals surface area contributed by atoms with Crippen LogP contribution in [0.2, 0.25) is 9.36 Å². The van der Waals surface area contributed by atoms with Crippen molar-refractivity contribution in [2.45, 2.75) is 37.6 Å². The van der Waals surface area contributed by atoms with Crippen LogP contribution < -0.4 is 0 Å². The number of halogens is 5. The van der Waals surface area contributed by atoms with Gasteiger partial charge < -0.3 is 9.47 Å². The minimum atomic E-state index is -4.74. The second-order valence-corrected chi connectivity index (χ2v) is 9.17. The monoisotopic (exact) mass is 473 g/mol. The van der Waals surface area contributed by atoms with Gasteiger partial charge in [-0.25, -0.2) is 0 Å². The van der Waals surface area contributed by atoms with Gasteiger partial charge >= 0.3 is 6.18 Å². The number of hydrogen-bond donors (Lipinski definition) is 0. The van der Waals surface area contributed by atoms with E-state index in [1.807, 2.05) is 10.6 Å². The molecule has 0 radical (unpaired) electrons. The number of aromatic nitrogens is 4. The summed E-state index contributed by atoms with van der Waals surface area (Å²) in [6.45, 7) is 0.449. The molecule has 2 aliphatic rings. The summed E-state index contributed by atoms with van der Waals surface area (Å²) < 4.78 is 42.1. The molecule has 156 valence electrons. The Morgan fingerprint density at radius 3 is 2.67 bits per heavy atom. The highest BCUT2D eigenvalue weighted by Crippen LogP contribution is 2.44. The lowest BCUT2D eigenvalue weighted by Crippen LogP contribution is -2.44. The SMILES string of the molecule is O=C(c1ccnc(C(F)(F)F)c1Cl)N1[C@@H]2CC[C@@H]1c1nnc(-c3ccc(Cl)s3)n1C2. The van der Waals surface area contributed by atoms with Crippen LogP contribution in [-0.2, 0) is 12.7 Å². The van der Waals surface area contributed by atoms with Crippen LogP contribution in [0.1, 0.15) is 40.8 Å². The second kappa shape index (κ2) is 6.93. The van der Waals surface area contributed by atoms with Crippen molar-refractivity contribution in [1.29, 1.82) is 0 Å². The standard InChI is InChI=1S/C18H12Cl2F3N5OS/c19-12-4-3-11(30-12)16-26-25-15-10-2-1-8(7-27(15)16)28(10)17(29)9-5-6-24-14(13(9)20)18(21,22)23/h3-6,8,10H,1-2,7H2/t8-,10-/m1/s1. The van der Waals surface area contributed by atoms with Gasteiger partial charge in [-0.3, -0.25) is 9.78 Å². The molecule has 1 fully saturated rings. The third kappa shape index (κ3) is 3.00. The molecular weight excluding hydrogens is 462 g/mol. The Morgan fingerprint density at radius 1 is 1.17 bits per heavy atom. The molecule has 30 heavy (non-hydrogen) atoms. The van der Waals surface area contributed by atoms with E-state index < -0.39 is 22.8 Å². The Bertz CT molecular complexity index is 1160. The Kier molecular flexibility index (Phi) is 4.57. The molecule has 2 aliphatic heterocycles. The Morgan fingerprint density at radius 2 is 1.97 bits per heavy atom. The molecule has 2 bridgehead atoms. The van der Waals surface area contributed by atoms with Crippen molar-refractivity contribution >= 4 is 40.4 Å². The van der Waals surface area contributed by atoms with Crippen LogP contribution in [0.25, 0.3) is 10.7 Å². The number of carbonyl (C=O) groups is 1. The first-order valence-corrected chi connectivity index (χ1v) is 10.6. The van der Waals surface area contributed by atoms with E-state index >= 15 is 0 Å². The Balaban J connectivity index is 1.52. The molecule has 0 spiro atoms. The molecule has 5 heterocycles. The summed E-state index contributed by atoms with van der Waals surface area (Å²) in [6, 6.07) is 4.28. The minimum Gasteiger partial charge on any atom is -0.324 e. The third-order valence-corrected chi connectivity index (χ3v) is 7.00. The zero-order chi connectivity index (χ0) is 21.2. The van der Waals surface area contributed by atoms with E-state index in [2.05, 4.69) is 15.2 Å². The maximum absolute atomic E-state index is 13.2. The average molecular weight is 474 g/mol. The van der Waals surface area contributed by atoms with Crippen molar-refractivity contribution in [2.24, 2.45) is 0 Å². The van der Waals surface area contributed by atoms with Gasteiger partial charge in [-0.15, -0.1) is 21.5 Å². The quantitative estimate of drug-likeness (QED) is 0.520. The largest absolute Gasteiger partial charge is 0.434 e. The van der Waals surface area contributed by atoms with Crippen LogP contribution >= 0.6 is 34.5 Å². The van der Waals surface area contributed by atoms with Crippen LogP contribution in [0.4, 0.5) is 13.2 Å². The molecule has 12 heteroatoms. The lowest BCUT2D eigenvalue weighted by atomic mass is 10.1. The predicted molar refractivity (Wildman–Crippen MR) is 105 cm³/mol. The molecule has 0 aromatic carbocycles. The summed E-state index contributed by atoms with van der Waals surface area (Å²) in [7, 11) is 0. The molecule has 0 saturated carbocycles. The van der Waals surface area contributed by atoms with Crippen LogP contribution in [0, 0.1) is 0 Å². The number of carbonyl (C=O) groups excluding carboxylic acids is 1. The highest BCUT2D eigenvalue weighted by Gasteiger charge is 2.46. The van der Waals surface area contributed by atoms with Gasteiger partial charge in [0.25, 0.3) is 5.91 Å². The maximum atomic E-state index is 13.2. The number of thiophene rings is 1. The fraction of sp³-hybridized carbons (Fsp3) is 0.333. The fourth-order valence-electron chi connectivity index (χ4n) is 4.14. The topological polar surface area (TPSA) is 63.9 Å². The first kappa shape index (κ1) is 19.8. The Labute approximate surface area is 182 Å². The van der Waals surface area contributed by atoms with E-state index in [9.17, 15) is 18.0 Å². The lowest BCUT2D eigenvalue weighted by molar-refractivity contribution is -0.141. The highest BCUT2D eigenvalue weighted by molar-refractivity contribution is 7.19. The normalized spacial score (nSPS) is 20.5. The van der Waals surface area contributed by atoms with Crippen molar-refractivity contribution in [3.63, 3.8) is 0 Å². The predicted octanol–water partition coefficient (Wildman–Crippen LogP) is 5.09. The summed E-state index contributed by atoms with van der Waals surface area (Å²) in [5.74, 6) is 0.723. The van der Waals surface area contributed by atoms with E-state index in [0.717, 1.165) is 11.1 Å². The molecule has 0 aliphatic carbocycles. The fourth-order valence-corrected chi connectivity index (χ4v) is 5.47. The zero-order valence-electron chi connectivity index (χ0n) is 15.0. The summed E-state index contributed by atoms with van der Waals surface area (Å²) in [6.07, 6.45) is -2.44. The number of alkyl halides is 3. The average Bonchev–Trinajstić information content (AvgIpc) is 3.37. The first-order chi connectivity index (χ1) is 14.3. The number of nitrogens with zero attached hydrogens (tertiary/aromatic N) is 5. The van der Waals surface area contributed by atoms with Crippen molar-refractivity contribution in [3.8, 4) is 10.7 Å². The molecular formula is C18H12Cl2F3N5OS. The smallest absolute Gasteiger partial charge is 0.324 e. The molecule has 2 atom stereocenters. The van der Waals surface area contributed by atoms with Gasteiger partial charge in [0, 0.05) is 12.7 Å². The van der Waals surface area contributed by atoms with E-state index in [4.69, 9.17) is 23.2 Å². The molecule has 1 saturated heterocycles. The Hall–Kier alpha value is -2.17. The van der Waals surface area contributed by atoms with E-state index in [1.165, 1.54) is 17.4 Å². The number of fused-ring (bicyclic) bond motifs is 4. The maximum Gasteiger partial charge on any atom is 0.434 e. The van der Waals surface area contributed by atoms with E-state index in [1.54, 1.807) is 11.0 Å². The summed E-state index contributed by atoms with van der Waals surface area (Å²) >= 11 is 13.4. The zero-order valence-corrected chi connectivity index (χ0v) is 17.4. The van der Waals surface area contributed by atoms with Gasteiger partial charge in [0.15, 0.2) is 17.3 Å². The van der Waals surface area contributed by atoms with Gasteiger partial charge in [0.2, 0.25) is 0 Å². The number of rotatable bonds is 2. The van der Waals surface area contributed by atoms with Crippen LogP contribution in [0.3, 0.4) is 0 Å². The van der Waals surface area contributed by atoms with Crippen LogP contribution in [0.15, 0.2) is 24.4 Å². The van der Waals surface area contributed by atoms with E-state index in [-0.39, 0.29) is 17.6 Å². The van der Waals surface area contributed by atoms with Gasteiger partial charge in [0.05, 0.1) is 31.9 Å². The van der Waals surface area contributed by atoms with Gasteiger partial charge in [-0.2, -0.15) is 13.2 Å². The molecule has 1 amide bonds. The van der Waals surface area contributed by atoms with Crippen molar-refractivity contribution in [3.05, 3.63) is 50.8 Å². The summed E-state index contributed by atoms with van der Waals surface area (Å²) in [5.41, 5.74) is -1.48. The highest BCUT2D eigenvalue weighted by atomic mass is 35.5. The van der Waals surface area contributed by atoms with E-state index in [0.29, 0.717) is 35.4 Å². The van der Waals surface area contributed by atoms with Crippen molar-refractivity contribution in [2.75, 3.05) is 0 Å². The third-order valence-electron chi connectivity index (χ3n) is 5.39. The lowest BCUT2D eigenvalue weighted by Gasteiger charge is -2.35. The number of amides is 1. The van der Waals surface area contributed by atoms with Crippen LogP contribution in [0.5, 0.6) is 0 Å². The number of hydrogen-bond acceptors (Lipinski definition) is 5. The molecule has 6 nitrogen and oxygen atoms in total. The first-order valence-electron chi connectivity index (χ1n) is 8.99. The van der Waals surface area contributed by atoms with Gasteiger partial charge in [-0.1, -0.05) is 23.2 Å². The molecule has 0 N–H and O–H groups in total. The summed E-state index contributed by atoms with van der Waals surface area (Å²) in [5, 5.41) is 7.87. The molecule has 3 aromatic heterocycles. The molecule has 3 aromatic rings. The van der Waals surface area contributed by atoms with Crippen molar-refractivity contribution < 1.29 is 18.0 Å². The van der Waals surface area contributed by atoms with Crippen molar-refractivity contribution in [1.82, 2.24) is 24.6 Å². The second-order valence-electron chi connectivity index (χ2n) is 7.07. The minimum absolute atomic E-state index is 0.196. The van der Waals surface area contributed by atoms with Gasteiger partial charge in [0.1, 0.15) is 0 Å². The number of pyridine rings is 1. The van der Waals surface area contributed by atoms with Gasteiger partial charge in [-0.05, 0) is 31.0 Å². The summed E-state index contributed by atoms with van der Waals surface area (Å²) in [4.78, 5) is 19.0. The van der Waals surface area contributed by atoms with Crippen LogP contribution in [-0.4, -0.2) is 36.6 Å². The molecule has 5 rings (SSSR count).